The van der Waals surface area contributed by atoms with Crippen molar-refractivity contribution in [2.45, 2.75) is 13.5 Å². The van der Waals surface area contributed by atoms with Gasteiger partial charge < -0.3 is 9.47 Å². The molecule has 0 saturated heterocycles. The van der Waals surface area contributed by atoms with Gasteiger partial charge in [0.1, 0.15) is 12.4 Å². The molecule has 0 saturated carbocycles. The van der Waals surface area contributed by atoms with E-state index < -0.39 is 0 Å². The van der Waals surface area contributed by atoms with Gasteiger partial charge in [0, 0.05) is 17.8 Å². The Bertz CT molecular complexity index is 865. The number of pyridine rings is 1. The highest BCUT2D eigenvalue weighted by atomic mass is 16.5. The third-order valence-electron chi connectivity index (χ3n) is 3.74. The summed E-state index contributed by atoms with van der Waals surface area (Å²) in [7, 11) is 0. The summed E-state index contributed by atoms with van der Waals surface area (Å²) in [6, 6.07) is 19.7. The van der Waals surface area contributed by atoms with Crippen molar-refractivity contribution in [2.75, 3.05) is 6.61 Å². The van der Waals surface area contributed by atoms with E-state index in [1.807, 2.05) is 67.6 Å². The van der Waals surface area contributed by atoms with Crippen LogP contribution in [-0.4, -0.2) is 11.6 Å². The summed E-state index contributed by atoms with van der Waals surface area (Å²) >= 11 is 0. The topological polar surface area (TPSA) is 31.4 Å². The molecule has 0 unspecified atom stereocenters. The van der Waals surface area contributed by atoms with Gasteiger partial charge >= 0.3 is 0 Å². The van der Waals surface area contributed by atoms with Crippen molar-refractivity contribution in [1.29, 1.82) is 0 Å². The minimum absolute atomic E-state index is 0.499. The fraction of sp³-hybridized carbons (Fsp3) is 0.136. The molecule has 0 atom stereocenters. The zero-order chi connectivity index (χ0) is 17.5. The minimum atomic E-state index is 0.499. The van der Waals surface area contributed by atoms with Crippen LogP contribution in [0.15, 0.2) is 66.9 Å². The number of ether oxygens (including phenoxy) is 2. The molecule has 0 fully saturated rings. The molecule has 1 heterocycles. The average molecular weight is 329 g/mol. The van der Waals surface area contributed by atoms with E-state index in [9.17, 15) is 0 Å². The molecule has 2 aromatic carbocycles. The average Bonchev–Trinajstić information content (AvgIpc) is 2.68. The Balaban J connectivity index is 1.74. The number of rotatable bonds is 6. The van der Waals surface area contributed by atoms with Crippen molar-refractivity contribution in [3.63, 3.8) is 0 Å². The number of nitrogens with zero attached hydrogens (tertiary/aromatic N) is 1. The molecular formula is C22H19NO2. The Hall–Kier alpha value is -3.25. The first-order valence-corrected chi connectivity index (χ1v) is 8.16. The van der Waals surface area contributed by atoms with Gasteiger partial charge in [-0.05, 0) is 36.2 Å². The summed E-state index contributed by atoms with van der Waals surface area (Å²) < 4.78 is 11.3. The molecule has 124 valence electrons. The molecule has 0 aliphatic carbocycles. The standard InChI is InChI=1S/C22H19NO2/c1-3-18-10-11-19(14-21(18)24-4-2)20-12-13-22(23-15-20)25-16-17-8-6-5-7-9-17/h1,5-15H,4,16H2,2H3. The van der Waals surface area contributed by atoms with Crippen LogP contribution < -0.4 is 9.47 Å². The summed E-state index contributed by atoms with van der Waals surface area (Å²) in [6.07, 6.45) is 7.30. The van der Waals surface area contributed by atoms with Gasteiger partial charge in [-0.1, -0.05) is 42.3 Å². The first-order chi connectivity index (χ1) is 12.3. The summed E-state index contributed by atoms with van der Waals surface area (Å²) in [5.74, 6) is 3.95. The highest BCUT2D eigenvalue weighted by Gasteiger charge is 2.06. The SMILES string of the molecule is C#Cc1ccc(-c2ccc(OCc3ccccc3)nc2)cc1OCC. The van der Waals surface area contributed by atoms with Gasteiger partial charge in [-0.2, -0.15) is 0 Å². The molecule has 3 rings (SSSR count). The molecule has 3 heteroatoms. The van der Waals surface area contributed by atoms with Gasteiger partial charge in [0.15, 0.2) is 0 Å². The lowest BCUT2D eigenvalue weighted by atomic mass is 10.0. The number of hydrogen-bond donors (Lipinski definition) is 0. The van der Waals surface area contributed by atoms with Gasteiger partial charge in [-0.3, -0.25) is 0 Å². The Labute approximate surface area is 148 Å². The number of aromatic nitrogens is 1. The molecule has 0 N–H and O–H groups in total. The third-order valence-corrected chi connectivity index (χ3v) is 3.74. The molecule has 0 aliphatic rings. The van der Waals surface area contributed by atoms with E-state index in [-0.39, 0.29) is 0 Å². The molecule has 0 spiro atoms. The minimum Gasteiger partial charge on any atom is -0.493 e. The van der Waals surface area contributed by atoms with Crippen LogP contribution >= 0.6 is 0 Å². The summed E-state index contributed by atoms with van der Waals surface area (Å²) in [6.45, 7) is 3.01. The lowest BCUT2D eigenvalue weighted by Gasteiger charge is -2.10. The van der Waals surface area contributed by atoms with Crippen LogP contribution in [-0.2, 0) is 6.61 Å². The van der Waals surface area contributed by atoms with E-state index in [0.29, 0.717) is 24.8 Å². The second kappa shape index (κ2) is 8.03. The Morgan fingerprint density at radius 3 is 2.44 bits per heavy atom. The van der Waals surface area contributed by atoms with Gasteiger partial charge in [-0.25, -0.2) is 4.98 Å². The first-order valence-electron chi connectivity index (χ1n) is 8.16. The highest BCUT2D eigenvalue weighted by Crippen LogP contribution is 2.27. The summed E-state index contributed by atoms with van der Waals surface area (Å²) in [5, 5.41) is 0. The van der Waals surface area contributed by atoms with Crippen LogP contribution in [0.2, 0.25) is 0 Å². The van der Waals surface area contributed by atoms with Crippen LogP contribution in [0, 0.1) is 12.3 Å². The lowest BCUT2D eigenvalue weighted by molar-refractivity contribution is 0.294. The predicted octanol–water partition coefficient (Wildman–Crippen LogP) is 4.71. The van der Waals surface area contributed by atoms with E-state index >= 15 is 0 Å². The third kappa shape index (κ3) is 4.19. The second-order valence-corrected chi connectivity index (χ2v) is 5.45. The zero-order valence-electron chi connectivity index (χ0n) is 14.1. The molecular weight excluding hydrogens is 310 g/mol. The molecule has 0 bridgehead atoms. The predicted molar refractivity (Wildman–Crippen MR) is 99.6 cm³/mol. The van der Waals surface area contributed by atoms with Gasteiger partial charge in [0.2, 0.25) is 5.88 Å². The Kier molecular flexibility index (Phi) is 5.33. The van der Waals surface area contributed by atoms with Gasteiger partial charge in [0.05, 0.1) is 12.2 Å². The molecule has 0 radical (unpaired) electrons. The molecule has 0 amide bonds. The van der Waals surface area contributed by atoms with Crippen molar-refractivity contribution < 1.29 is 9.47 Å². The van der Waals surface area contributed by atoms with E-state index in [1.54, 1.807) is 6.20 Å². The highest BCUT2D eigenvalue weighted by molar-refractivity contribution is 5.67. The Morgan fingerprint density at radius 1 is 0.960 bits per heavy atom. The lowest BCUT2D eigenvalue weighted by Crippen LogP contribution is -1.97. The maximum absolute atomic E-state index is 5.72. The molecule has 3 aromatic rings. The fourth-order valence-electron chi connectivity index (χ4n) is 2.46. The Morgan fingerprint density at radius 2 is 1.76 bits per heavy atom. The van der Waals surface area contributed by atoms with Crippen LogP contribution in [0.4, 0.5) is 0 Å². The second-order valence-electron chi connectivity index (χ2n) is 5.45. The quantitative estimate of drug-likeness (QED) is 0.614. The van der Waals surface area contributed by atoms with Gasteiger partial charge in [0.25, 0.3) is 0 Å². The largest absolute Gasteiger partial charge is 0.493 e. The maximum atomic E-state index is 5.72. The van der Waals surface area contributed by atoms with Crippen molar-refractivity contribution >= 4 is 0 Å². The van der Waals surface area contributed by atoms with Gasteiger partial charge in [-0.15, -0.1) is 6.42 Å². The van der Waals surface area contributed by atoms with E-state index in [0.717, 1.165) is 22.3 Å². The fourth-order valence-corrected chi connectivity index (χ4v) is 2.46. The van der Waals surface area contributed by atoms with E-state index in [4.69, 9.17) is 15.9 Å². The molecule has 1 aromatic heterocycles. The van der Waals surface area contributed by atoms with Crippen LogP contribution in [0.3, 0.4) is 0 Å². The molecule has 0 aliphatic heterocycles. The molecule has 3 nitrogen and oxygen atoms in total. The smallest absolute Gasteiger partial charge is 0.213 e. The van der Waals surface area contributed by atoms with Crippen molar-refractivity contribution in [3.05, 3.63) is 78.0 Å². The molecule has 25 heavy (non-hydrogen) atoms. The van der Waals surface area contributed by atoms with Crippen LogP contribution in [0.25, 0.3) is 11.1 Å². The number of terminal acetylenes is 1. The van der Waals surface area contributed by atoms with Crippen molar-refractivity contribution in [2.24, 2.45) is 0 Å². The zero-order valence-corrected chi connectivity index (χ0v) is 14.1. The monoisotopic (exact) mass is 329 g/mol. The number of benzene rings is 2. The van der Waals surface area contributed by atoms with Crippen molar-refractivity contribution in [3.8, 4) is 35.1 Å². The normalized spacial score (nSPS) is 10.1. The first kappa shape index (κ1) is 16.6. The van der Waals surface area contributed by atoms with Crippen molar-refractivity contribution in [1.82, 2.24) is 4.98 Å². The van der Waals surface area contributed by atoms with Crippen LogP contribution in [0.1, 0.15) is 18.1 Å². The summed E-state index contributed by atoms with van der Waals surface area (Å²) in [5.41, 5.74) is 3.85. The summed E-state index contributed by atoms with van der Waals surface area (Å²) in [4.78, 5) is 4.39. The number of hydrogen-bond acceptors (Lipinski definition) is 3. The van der Waals surface area contributed by atoms with E-state index in [2.05, 4.69) is 10.9 Å². The van der Waals surface area contributed by atoms with Crippen LogP contribution in [0.5, 0.6) is 11.6 Å². The maximum Gasteiger partial charge on any atom is 0.213 e. The van der Waals surface area contributed by atoms with E-state index in [1.165, 1.54) is 0 Å².